The molecule has 1 amide bonds. The van der Waals surface area contributed by atoms with Crippen LogP contribution in [0.4, 0.5) is 22.9 Å². The molecule has 11 heteroatoms. The second-order valence-corrected chi connectivity index (χ2v) is 9.75. The van der Waals surface area contributed by atoms with Crippen LogP contribution in [0.25, 0.3) is 0 Å². The molecule has 1 atom stereocenters. The fourth-order valence-corrected chi connectivity index (χ4v) is 4.81. The first-order chi connectivity index (χ1) is 18.9. The van der Waals surface area contributed by atoms with Crippen LogP contribution < -0.4 is 25.4 Å². The summed E-state index contributed by atoms with van der Waals surface area (Å²) in [6.45, 7) is 0.264. The van der Waals surface area contributed by atoms with Gasteiger partial charge in [0, 0.05) is 24.5 Å². The molecule has 1 aliphatic rings. The van der Waals surface area contributed by atoms with Gasteiger partial charge in [-0.2, -0.15) is 5.26 Å². The standard InChI is InChI=1S/C28H25N7O2S2/c1-34(25-15-27(38)32-28(39)31-25)22-4-2-3-20(13-22)30-17-37-23-11-9-21(10-12-23)35-24(14-26(36)33-35)19-7-5-18(16-29)6-8-19/h2-13,15,24,30H,14,17H2,1H3,(H,33,36)(H2,31,32,38,39). The van der Waals surface area contributed by atoms with E-state index in [1.54, 1.807) is 12.1 Å². The van der Waals surface area contributed by atoms with Crippen molar-refractivity contribution in [2.45, 2.75) is 12.5 Å². The first-order valence-corrected chi connectivity index (χ1v) is 12.9. The maximum absolute atomic E-state index is 12.2. The molecule has 1 aromatic heterocycles. The molecule has 4 aromatic rings. The number of carbonyl (C=O) groups excluding carboxylic acids is 1. The SMILES string of the molecule is CN(c1cccc(NCOc2ccc(N3NC(=O)CC3c3ccc(C#N)cc3)cc2)c1)c1cc(=S)[nH]c(=S)[nH]1. The molecule has 0 spiro atoms. The molecule has 1 unspecified atom stereocenters. The zero-order chi connectivity index (χ0) is 27.4. The summed E-state index contributed by atoms with van der Waals surface area (Å²) >= 11 is 10.4. The van der Waals surface area contributed by atoms with Gasteiger partial charge in [0.2, 0.25) is 5.91 Å². The maximum Gasteiger partial charge on any atom is 0.241 e. The number of rotatable bonds is 8. The van der Waals surface area contributed by atoms with E-state index in [-0.39, 0.29) is 18.7 Å². The van der Waals surface area contributed by atoms with Gasteiger partial charge in [-0.3, -0.25) is 15.2 Å². The molecule has 4 N–H and O–H groups in total. The third-order valence-electron chi connectivity index (χ3n) is 6.33. The van der Waals surface area contributed by atoms with E-state index in [4.69, 9.17) is 34.4 Å². The highest BCUT2D eigenvalue weighted by Gasteiger charge is 2.31. The summed E-state index contributed by atoms with van der Waals surface area (Å²) in [5.41, 5.74) is 7.14. The van der Waals surface area contributed by atoms with E-state index in [1.165, 1.54) is 0 Å². The van der Waals surface area contributed by atoms with Gasteiger partial charge < -0.3 is 24.9 Å². The lowest BCUT2D eigenvalue weighted by molar-refractivity contribution is -0.119. The summed E-state index contributed by atoms with van der Waals surface area (Å²) in [7, 11) is 1.93. The number of anilines is 4. The molecule has 196 valence electrons. The summed E-state index contributed by atoms with van der Waals surface area (Å²) in [6, 6.07) is 26.5. The molecule has 3 aromatic carbocycles. The number of hydrogen-bond acceptors (Lipinski definition) is 8. The molecule has 0 radical (unpaired) electrons. The van der Waals surface area contributed by atoms with Gasteiger partial charge in [0.1, 0.15) is 16.2 Å². The van der Waals surface area contributed by atoms with Gasteiger partial charge in [-0.25, -0.2) is 0 Å². The van der Waals surface area contributed by atoms with Gasteiger partial charge in [-0.1, -0.05) is 30.4 Å². The van der Waals surface area contributed by atoms with E-state index < -0.39 is 0 Å². The van der Waals surface area contributed by atoms with E-state index in [0.717, 1.165) is 28.4 Å². The number of nitriles is 1. The van der Waals surface area contributed by atoms with Gasteiger partial charge >= 0.3 is 0 Å². The Balaban J connectivity index is 1.21. The summed E-state index contributed by atoms with van der Waals surface area (Å²) in [6.07, 6.45) is 0.339. The highest BCUT2D eigenvalue weighted by molar-refractivity contribution is 7.72. The summed E-state index contributed by atoms with van der Waals surface area (Å²) in [4.78, 5) is 20.2. The third-order valence-corrected chi connectivity index (χ3v) is 6.76. The van der Waals surface area contributed by atoms with E-state index in [0.29, 0.717) is 27.1 Å². The van der Waals surface area contributed by atoms with Crippen molar-refractivity contribution in [3.8, 4) is 11.8 Å². The van der Waals surface area contributed by atoms with Crippen molar-refractivity contribution in [1.29, 1.82) is 5.26 Å². The van der Waals surface area contributed by atoms with Crippen LogP contribution in [0.3, 0.4) is 0 Å². The molecular weight excluding hydrogens is 530 g/mol. The predicted octanol–water partition coefficient (Wildman–Crippen LogP) is 5.87. The Labute approximate surface area is 235 Å². The zero-order valence-corrected chi connectivity index (χ0v) is 22.6. The van der Waals surface area contributed by atoms with E-state index in [2.05, 4.69) is 26.8 Å². The topological polar surface area (TPSA) is 112 Å². The number of nitrogens with one attached hydrogen (secondary N) is 4. The van der Waals surface area contributed by atoms with Crippen LogP contribution in [0.2, 0.25) is 0 Å². The molecule has 0 bridgehead atoms. The minimum atomic E-state index is -0.161. The Morgan fingerprint density at radius 2 is 1.85 bits per heavy atom. The minimum absolute atomic E-state index is 0.0561. The van der Waals surface area contributed by atoms with Crippen molar-refractivity contribution in [3.05, 3.63) is 99.4 Å². The second-order valence-electron chi connectivity index (χ2n) is 8.90. The van der Waals surface area contributed by atoms with Gasteiger partial charge in [0.25, 0.3) is 0 Å². The lowest BCUT2D eigenvalue weighted by atomic mass is 10.0. The number of H-pyrrole nitrogens is 2. The first kappa shape index (κ1) is 26.0. The third kappa shape index (κ3) is 6.09. The Morgan fingerprint density at radius 1 is 1.08 bits per heavy atom. The summed E-state index contributed by atoms with van der Waals surface area (Å²) < 4.78 is 6.93. The Hall–Kier alpha value is -4.66. The molecule has 1 fully saturated rings. The molecule has 5 rings (SSSR count). The predicted molar refractivity (Wildman–Crippen MR) is 156 cm³/mol. The molecular formula is C28H25N7O2S2. The normalized spacial score (nSPS) is 14.4. The van der Waals surface area contributed by atoms with Gasteiger partial charge in [0.15, 0.2) is 11.5 Å². The highest BCUT2D eigenvalue weighted by Crippen LogP contribution is 2.33. The van der Waals surface area contributed by atoms with E-state index in [9.17, 15) is 4.79 Å². The number of carbonyl (C=O) groups is 1. The van der Waals surface area contributed by atoms with E-state index >= 15 is 0 Å². The summed E-state index contributed by atoms with van der Waals surface area (Å²) in [5.74, 6) is 1.42. The molecule has 9 nitrogen and oxygen atoms in total. The minimum Gasteiger partial charge on any atom is -0.473 e. The van der Waals surface area contributed by atoms with Crippen molar-refractivity contribution < 1.29 is 9.53 Å². The Bertz CT molecular complexity index is 1610. The molecule has 1 saturated heterocycles. The number of aromatic nitrogens is 2. The number of ether oxygens (including phenoxy) is 1. The fraction of sp³-hybridized carbons (Fsp3) is 0.143. The Kier molecular flexibility index (Phi) is 7.58. The van der Waals surface area contributed by atoms with Crippen molar-refractivity contribution in [2.24, 2.45) is 0 Å². The zero-order valence-electron chi connectivity index (χ0n) is 21.0. The van der Waals surface area contributed by atoms with Crippen molar-refractivity contribution in [2.75, 3.05) is 29.0 Å². The monoisotopic (exact) mass is 555 g/mol. The van der Waals surface area contributed by atoms with Gasteiger partial charge in [0.05, 0.1) is 29.8 Å². The number of nitrogens with zero attached hydrogens (tertiary/aromatic N) is 3. The number of hydrazine groups is 1. The molecule has 39 heavy (non-hydrogen) atoms. The van der Waals surface area contributed by atoms with Crippen LogP contribution in [0.1, 0.15) is 23.6 Å². The van der Waals surface area contributed by atoms with Gasteiger partial charge in [-0.05, 0) is 72.4 Å². The largest absolute Gasteiger partial charge is 0.473 e. The molecule has 0 aliphatic carbocycles. The van der Waals surface area contributed by atoms with Crippen LogP contribution in [-0.4, -0.2) is 29.7 Å². The van der Waals surface area contributed by atoms with E-state index in [1.807, 2.05) is 83.7 Å². The Morgan fingerprint density at radius 3 is 2.56 bits per heavy atom. The molecule has 0 saturated carbocycles. The highest BCUT2D eigenvalue weighted by atomic mass is 32.1. The number of benzene rings is 3. The van der Waals surface area contributed by atoms with Gasteiger partial charge in [-0.15, -0.1) is 0 Å². The van der Waals surface area contributed by atoms with Crippen LogP contribution in [0, 0.1) is 20.7 Å². The van der Waals surface area contributed by atoms with Crippen molar-refractivity contribution >= 4 is 53.2 Å². The first-order valence-electron chi connectivity index (χ1n) is 12.1. The summed E-state index contributed by atoms with van der Waals surface area (Å²) in [5, 5.41) is 14.2. The lowest BCUT2D eigenvalue weighted by Gasteiger charge is -2.26. The van der Waals surface area contributed by atoms with Crippen LogP contribution in [0.5, 0.6) is 5.75 Å². The fourth-order valence-electron chi connectivity index (χ4n) is 4.32. The smallest absolute Gasteiger partial charge is 0.241 e. The van der Waals surface area contributed by atoms with Crippen LogP contribution >= 0.6 is 24.4 Å². The number of aromatic amines is 2. The average Bonchev–Trinajstić information content (AvgIpc) is 3.34. The number of amides is 1. The maximum atomic E-state index is 12.2. The van der Waals surface area contributed by atoms with Crippen molar-refractivity contribution in [3.63, 3.8) is 0 Å². The lowest BCUT2D eigenvalue weighted by Crippen LogP contribution is -2.34. The molecule has 2 heterocycles. The quantitative estimate of drug-likeness (QED) is 0.158. The number of hydrogen-bond donors (Lipinski definition) is 4. The van der Waals surface area contributed by atoms with Crippen LogP contribution in [0.15, 0.2) is 78.9 Å². The average molecular weight is 556 g/mol. The van der Waals surface area contributed by atoms with Crippen molar-refractivity contribution in [1.82, 2.24) is 15.4 Å². The second kappa shape index (κ2) is 11.4. The molecule has 1 aliphatic heterocycles. The van der Waals surface area contributed by atoms with Crippen LogP contribution in [-0.2, 0) is 4.79 Å².